The van der Waals surface area contributed by atoms with Crippen molar-refractivity contribution in [2.75, 3.05) is 13.2 Å². The minimum Gasteiger partial charge on any atom is -0.493 e. The summed E-state index contributed by atoms with van der Waals surface area (Å²) in [6.07, 6.45) is 0.860. The number of hydrogen-bond acceptors (Lipinski definition) is 6. The van der Waals surface area contributed by atoms with Gasteiger partial charge >= 0.3 is 11.9 Å². The molecule has 4 atom stereocenters. The van der Waals surface area contributed by atoms with Crippen molar-refractivity contribution in [3.05, 3.63) is 59.7 Å². The van der Waals surface area contributed by atoms with Gasteiger partial charge in [-0.3, -0.25) is 0 Å². The van der Waals surface area contributed by atoms with E-state index in [0.717, 1.165) is 12.8 Å². The van der Waals surface area contributed by atoms with Gasteiger partial charge in [0.1, 0.15) is 23.7 Å². The lowest BCUT2D eigenvalue weighted by atomic mass is 10.1. The van der Waals surface area contributed by atoms with E-state index in [2.05, 4.69) is 27.7 Å². The summed E-state index contributed by atoms with van der Waals surface area (Å²) in [7, 11) is 0. The Morgan fingerprint density at radius 2 is 0.941 bits per heavy atom. The molecule has 0 saturated heterocycles. The van der Waals surface area contributed by atoms with E-state index >= 15 is 0 Å². The molecule has 2 aromatic rings. The first-order valence-corrected chi connectivity index (χ1v) is 12.1. The van der Waals surface area contributed by atoms with Gasteiger partial charge in [0.15, 0.2) is 0 Å². The average molecular weight is 471 g/mol. The van der Waals surface area contributed by atoms with Crippen LogP contribution in [0.2, 0.25) is 0 Å². The monoisotopic (exact) mass is 470 g/mol. The van der Waals surface area contributed by atoms with Crippen LogP contribution in [0.3, 0.4) is 0 Å². The molecule has 0 N–H and O–H groups in total. The van der Waals surface area contributed by atoms with Crippen LogP contribution in [0.15, 0.2) is 48.5 Å². The molecule has 34 heavy (non-hydrogen) atoms. The van der Waals surface area contributed by atoms with Crippen molar-refractivity contribution in [3.8, 4) is 11.5 Å². The summed E-state index contributed by atoms with van der Waals surface area (Å²) in [4.78, 5) is 25.0. The molecular weight excluding hydrogens is 432 g/mol. The van der Waals surface area contributed by atoms with E-state index in [0.29, 0.717) is 47.7 Å². The first kappa shape index (κ1) is 27.2. The smallest absolute Gasteiger partial charge is 0.338 e. The highest BCUT2D eigenvalue weighted by atomic mass is 16.6. The Balaban J connectivity index is 1.84. The maximum absolute atomic E-state index is 12.5. The highest BCUT2D eigenvalue weighted by molar-refractivity contribution is 5.90. The lowest BCUT2D eigenvalue weighted by Crippen LogP contribution is -2.30. The standard InChI is InChI=1S/C28H38O6/c1-7-19(3)17-31-25-13-9-23(10-14-25)27(29)33-21(5)22(6)34-28(30)24-11-15-26(16-12-24)32-18-20(4)8-2/h9-16,19-22H,7-8,17-18H2,1-6H3/t19-,20-,21?,22?/m1/s1. The molecule has 0 amide bonds. The van der Waals surface area contributed by atoms with Crippen molar-refractivity contribution in [1.29, 1.82) is 0 Å². The van der Waals surface area contributed by atoms with Crippen molar-refractivity contribution in [3.63, 3.8) is 0 Å². The van der Waals surface area contributed by atoms with Crippen molar-refractivity contribution in [2.24, 2.45) is 11.8 Å². The van der Waals surface area contributed by atoms with E-state index in [1.165, 1.54) is 0 Å². The van der Waals surface area contributed by atoms with Crippen LogP contribution in [0.4, 0.5) is 0 Å². The lowest BCUT2D eigenvalue weighted by molar-refractivity contribution is -0.0239. The zero-order valence-corrected chi connectivity index (χ0v) is 21.2. The summed E-state index contributed by atoms with van der Waals surface area (Å²) in [5, 5.41) is 0. The third-order valence-electron chi connectivity index (χ3n) is 5.89. The molecule has 0 aliphatic carbocycles. The van der Waals surface area contributed by atoms with Gasteiger partial charge in [-0.25, -0.2) is 9.59 Å². The second kappa shape index (κ2) is 13.6. The highest BCUT2D eigenvalue weighted by Gasteiger charge is 2.22. The van der Waals surface area contributed by atoms with Gasteiger partial charge in [0.2, 0.25) is 0 Å². The van der Waals surface area contributed by atoms with E-state index in [1.54, 1.807) is 62.4 Å². The normalized spacial score (nSPS) is 14.4. The molecule has 0 bridgehead atoms. The zero-order valence-electron chi connectivity index (χ0n) is 21.2. The number of carbonyl (C=O) groups is 2. The van der Waals surface area contributed by atoms with Gasteiger partial charge in [-0.05, 0) is 74.2 Å². The molecule has 0 radical (unpaired) electrons. The molecule has 186 valence electrons. The molecule has 0 saturated carbocycles. The fourth-order valence-electron chi connectivity index (χ4n) is 2.75. The van der Waals surface area contributed by atoms with Gasteiger partial charge in [-0.15, -0.1) is 0 Å². The molecule has 0 aliphatic heterocycles. The van der Waals surface area contributed by atoms with Gasteiger partial charge in [-0.2, -0.15) is 0 Å². The third-order valence-corrected chi connectivity index (χ3v) is 5.89. The van der Waals surface area contributed by atoms with Crippen LogP contribution in [0, 0.1) is 11.8 Å². The van der Waals surface area contributed by atoms with Gasteiger partial charge in [-0.1, -0.05) is 40.5 Å². The van der Waals surface area contributed by atoms with Gasteiger partial charge in [0.25, 0.3) is 0 Å². The summed E-state index contributed by atoms with van der Waals surface area (Å²) in [5.41, 5.74) is 0.823. The van der Waals surface area contributed by atoms with Gasteiger partial charge < -0.3 is 18.9 Å². The van der Waals surface area contributed by atoms with Gasteiger partial charge in [0.05, 0.1) is 24.3 Å². The third kappa shape index (κ3) is 8.73. The van der Waals surface area contributed by atoms with Crippen LogP contribution in [0.5, 0.6) is 11.5 Å². The fraction of sp³-hybridized carbons (Fsp3) is 0.500. The van der Waals surface area contributed by atoms with Crippen molar-refractivity contribution in [2.45, 2.75) is 66.6 Å². The van der Waals surface area contributed by atoms with Gasteiger partial charge in [0, 0.05) is 0 Å². The molecule has 2 aromatic carbocycles. The Morgan fingerprint density at radius 3 is 1.24 bits per heavy atom. The molecule has 2 unspecified atom stereocenters. The van der Waals surface area contributed by atoms with E-state index < -0.39 is 24.1 Å². The number of hydrogen-bond donors (Lipinski definition) is 0. The number of ether oxygens (including phenoxy) is 4. The zero-order chi connectivity index (χ0) is 25.1. The number of esters is 2. The van der Waals surface area contributed by atoms with Crippen molar-refractivity contribution >= 4 is 11.9 Å². The molecule has 0 heterocycles. The Bertz CT molecular complexity index is 815. The maximum atomic E-state index is 12.5. The predicted molar refractivity (Wildman–Crippen MR) is 133 cm³/mol. The Hall–Kier alpha value is -3.02. The molecule has 2 rings (SSSR count). The fourth-order valence-corrected chi connectivity index (χ4v) is 2.75. The lowest BCUT2D eigenvalue weighted by Gasteiger charge is -2.21. The summed E-state index contributed by atoms with van der Waals surface area (Å²) in [6.45, 7) is 13.2. The second-order valence-corrected chi connectivity index (χ2v) is 8.92. The maximum Gasteiger partial charge on any atom is 0.338 e. The van der Waals surface area contributed by atoms with Crippen LogP contribution in [-0.4, -0.2) is 37.4 Å². The molecular formula is C28H38O6. The number of rotatable bonds is 13. The van der Waals surface area contributed by atoms with Crippen LogP contribution in [0.1, 0.15) is 75.1 Å². The highest BCUT2D eigenvalue weighted by Crippen LogP contribution is 2.18. The summed E-state index contributed by atoms with van der Waals surface area (Å²) >= 11 is 0. The summed E-state index contributed by atoms with van der Waals surface area (Å²) in [6, 6.07) is 13.7. The second-order valence-electron chi connectivity index (χ2n) is 8.92. The van der Waals surface area contributed by atoms with E-state index in [9.17, 15) is 9.59 Å². The van der Waals surface area contributed by atoms with Crippen LogP contribution < -0.4 is 9.47 Å². The Morgan fingerprint density at radius 1 is 0.618 bits per heavy atom. The quantitative estimate of drug-likeness (QED) is 0.319. The molecule has 6 nitrogen and oxygen atoms in total. The topological polar surface area (TPSA) is 71.1 Å². The molecule has 0 aromatic heterocycles. The first-order chi connectivity index (χ1) is 16.2. The Labute approximate surface area is 203 Å². The molecule has 6 heteroatoms. The largest absolute Gasteiger partial charge is 0.493 e. The van der Waals surface area contributed by atoms with Crippen LogP contribution in [0.25, 0.3) is 0 Å². The van der Waals surface area contributed by atoms with Crippen molar-refractivity contribution < 1.29 is 28.5 Å². The molecule has 0 spiro atoms. The number of carbonyl (C=O) groups excluding carboxylic acids is 2. The van der Waals surface area contributed by atoms with E-state index in [-0.39, 0.29) is 0 Å². The predicted octanol–water partition coefficient (Wildman–Crippen LogP) is 6.33. The van der Waals surface area contributed by atoms with E-state index in [4.69, 9.17) is 18.9 Å². The summed E-state index contributed by atoms with van der Waals surface area (Å²) < 4.78 is 22.4. The molecule has 0 fully saturated rings. The number of benzene rings is 2. The van der Waals surface area contributed by atoms with Crippen molar-refractivity contribution in [1.82, 2.24) is 0 Å². The first-order valence-electron chi connectivity index (χ1n) is 12.1. The van der Waals surface area contributed by atoms with Crippen LogP contribution >= 0.6 is 0 Å². The minimum atomic E-state index is -0.615. The average Bonchev–Trinajstić information content (AvgIpc) is 2.86. The van der Waals surface area contributed by atoms with Crippen LogP contribution in [-0.2, 0) is 9.47 Å². The van der Waals surface area contributed by atoms with E-state index in [1.807, 2.05) is 0 Å². The Kier molecular flexibility index (Phi) is 10.9. The SMILES string of the molecule is CC[C@@H](C)COc1ccc(C(=O)OC(C)C(C)OC(=O)c2ccc(OC[C@H](C)CC)cc2)cc1. The molecule has 0 aliphatic rings. The minimum absolute atomic E-state index is 0.411. The summed E-state index contributed by atoms with van der Waals surface area (Å²) in [5.74, 6) is 1.40.